The van der Waals surface area contributed by atoms with Crippen molar-refractivity contribution >= 4 is 109 Å². The third-order valence-electron chi connectivity index (χ3n) is 21.1. The number of H-pyrrole nitrogens is 1. The number of allylic oxidation sites excluding steroid dienone is 2. The fourth-order valence-corrected chi connectivity index (χ4v) is 14.5. The highest BCUT2D eigenvalue weighted by Gasteiger charge is 2.30. The first-order valence-electron chi connectivity index (χ1n) is 49.9. The normalized spacial score (nSPS) is 12.2. The van der Waals surface area contributed by atoms with Crippen molar-refractivity contribution in [3.8, 4) is 34.1 Å². The molecule has 23 rings (SSSR count). The van der Waals surface area contributed by atoms with Gasteiger partial charge in [0.15, 0.2) is 23.7 Å². The van der Waals surface area contributed by atoms with E-state index in [1.165, 1.54) is 149 Å². The lowest BCUT2D eigenvalue weighted by atomic mass is 10.0. The maximum atomic E-state index is 5.90. The van der Waals surface area contributed by atoms with E-state index in [4.69, 9.17) is 26.8 Å². The molecule has 0 amide bonds. The summed E-state index contributed by atoms with van der Waals surface area (Å²) in [5, 5.41) is 8.56. The Hall–Kier alpha value is -15.3. The highest BCUT2D eigenvalue weighted by Crippen LogP contribution is 2.38. The minimum absolute atomic E-state index is 0.0172. The summed E-state index contributed by atoms with van der Waals surface area (Å²) in [5.74, 6) is 2.65. The summed E-state index contributed by atoms with van der Waals surface area (Å²) >= 11 is 0. The van der Waals surface area contributed by atoms with Crippen molar-refractivity contribution in [1.29, 1.82) is 0 Å². The van der Waals surface area contributed by atoms with Crippen LogP contribution in [-0.4, -0.2) is 67.0 Å². The average molecular weight is 1740 g/mol. The molecule has 1 N–H and O–H groups in total. The lowest BCUT2D eigenvalue weighted by Gasteiger charge is -2.32. The fraction of sp³-hybridized carbons (Fsp3) is 0.169. The number of nitrogens with zero attached hydrogens (tertiary/aromatic N) is 10. The molecule has 9 aromatic heterocycles. The van der Waals surface area contributed by atoms with Gasteiger partial charge in [0.05, 0.1) is 77.4 Å². The number of ether oxygens (including phenoxy) is 2. The first kappa shape index (κ1) is 90.4. The maximum Gasteiger partial charge on any atom is 0.165 e. The number of aromatic amines is 1. The second kappa shape index (κ2) is 50.3. The second-order valence-corrected chi connectivity index (χ2v) is 29.9. The fourth-order valence-electron chi connectivity index (χ4n) is 14.5. The van der Waals surface area contributed by atoms with Crippen LogP contribution in [0.15, 0.2) is 383 Å². The van der Waals surface area contributed by atoms with Crippen LogP contribution in [0.4, 0.5) is 0 Å². The average Bonchev–Trinajstić information content (AvgIpc) is 1.50. The predicted octanol–water partition coefficient (Wildman–Crippen LogP) is 32.5. The first-order valence-corrected chi connectivity index (χ1v) is 40.9. The van der Waals surface area contributed by atoms with Crippen LogP contribution in [0.3, 0.4) is 0 Å². The van der Waals surface area contributed by atoms with Crippen molar-refractivity contribution in [3.05, 3.63) is 433 Å². The topological polar surface area (TPSA) is 163 Å². The molecule has 13 nitrogen and oxygen atoms in total. The third kappa shape index (κ3) is 26.0. The van der Waals surface area contributed by atoms with Gasteiger partial charge < -0.3 is 14.5 Å². The zero-order valence-corrected chi connectivity index (χ0v) is 78.8. The smallest absolute Gasteiger partial charge is 0.165 e. The number of aromatic nitrogens is 11. The Morgan fingerprint density at radius 1 is 0.275 bits per heavy atom. The lowest BCUT2D eigenvalue weighted by molar-refractivity contribution is 0.0748. The highest BCUT2D eigenvalue weighted by atomic mass is 16.6. The number of nitrogens with one attached hydrogen (secondary N) is 1. The number of para-hydroxylation sites is 12. The van der Waals surface area contributed by atoms with E-state index >= 15 is 0 Å². The summed E-state index contributed by atoms with van der Waals surface area (Å²) < 4.78 is 63.5. The quantitative estimate of drug-likeness (QED) is 0.163. The van der Waals surface area contributed by atoms with Gasteiger partial charge in [0, 0.05) is 98.3 Å². The van der Waals surface area contributed by atoms with Gasteiger partial charge in [-0.2, -0.15) is 0 Å². The van der Waals surface area contributed by atoms with Crippen LogP contribution >= 0.6 is 0 Å². The van der Waals surface area contributed by atoms with Crippen LogP contribution in [0.1, 0.15) is 129 Å². The van der Waals surface area contributed by atoms with Crippen LogP contribution in [0, 0.1) is 62.3 Å². The van der Waals surface area contributed by atoms with Gasteiger partial charge in [0.25, 0.3) is 0 Å². The van der Waals surface area contributed by atoms with Gasteiger partial charge >= 0.3 is 0 Å². The highest BCUT2D eigenvalue weighted by molar-refractivity contribution is 5.98. The number of imidazole rings is 1. The Morgan fingerprint density at radius 3 is 1.33 bits per heavy atom. The summed E-state index contributed by atoms with van der Waals surface area (Å²) in [4.78, 5) is 47.6. The number of fused-ring (bicyclic) bond motifs is 12. The van der Waals surface area contributed by atoms with E-state index in [0.29, 0.717) is 0 Å². The van der Waals surface area contributed by atoms with Crippen molar-refractivity contribution in [1.82, 2.24) is 54.8 Å². The molecule has 2 unspecified atom stereocenters. The summed E-state index contributed by atoms with van der Waals surface area (Å²) in [7, 11) is 11.2. The van der Waals surface area contributed by atoms with Crippen molar-refractivity contribution in [2.45, 2.75) is 141 Å². The van der Waals surface area contributed by atoms with Crippen LogP contribution in [-0.2, 0) is 0 Å². The summed E-state index contributed by atoms with van der Waals surface area (Å²) in [6, 6.07) is 108. The van der Waals surface area contributed by atoms with E-state index < -0.39 is 0 Å². The standard InChI is InChI=1S/C15H12N2.C14H12N2.2C14H11N.C13H10N2.C13H12O2.2C10H9N.C6H7N.9CH4/c1-11-3-2-4-13-5-6-14(17-15(11)13)12-7-9-16-10-8-12;1-10-6-5-9-12-13(10)16-14(15-12)11-7-3-2-4-8-11;1-10-11-6-2-4-8-13(11)15-14-9-5-3-7-12(10)14;1-10-5-4-7-12-9-11-6-2-3-8-13(11)15-14(10)12;2*1-9-5-4-8-12-13(9)15-11-7-3-2-6-10(11)14-12;1-8-4-2-5-9-6-3-7-11-10(8)9;1-8-6-7-11-10-5-3-2-4-9(8)10;1-6-2-4-7-5-3-6;;;;;;;;;/h2-10H,1H3;2-9H,1H3,(H,15,16);2*2-9H,1H3;2-8H,1H3;2-8,10-11H,1H3;2*2-7H,1H3;2-5H,1H3;9*1H4/i;;;;;;;;;9*1D. The number of hydrogen-bond acceptors (Lipinski definition) is 12. The van der Waals surface area contributed by atoms with E-state index in [1.807, 2.05) is 208 Å². The predicted molar refractivity (Wildman–Crippen MR) is 567 cm³/mol. The molecule has 668 valence electrons. The number of pyridine rings is 7. The molecule has 21 aromatic rings. The van der Waals surface area contributed by atoms with Crippen molar-refractivity contribution in [2.75, 3.05) is 0 Å². The number of hydrogen-bond donors (Lipinski definition) is 1. The second-order valence-electron chi connectivity index (χ2n) is 29.9. The molecule has 2 atom stereocenters. The minimum Gasteiger partial charge on any atom is -0.478 e. The summed E-state index contributed by atoms with van der Waals surface area (Å²) in [6.45, 7) is 18.7. The van der Waals surface area contributed by atoms with Gasteiger partial charge in [-0.25, -0.2) is 29.9 Å². The molecule has 10 heterocycles. The Labute approximate surface area is 790 Å². The van der Waals surface area contributed by atoms with E-state index in [9.17, 15) is 0 Å². The Balaban J connectivity index is 0.000000238. The van der Waals surface area contributed by atoms with Gasteiger partial charge in [0.1, 0.15) is 5.82 Å². The number of benzene rings is 12. The summed E-state index contributed by atoms with van der Waals surface area (Å²) in [6.07, 6.45) is 18.9. The molecule has 0 saturated heterocycles. The van der Waals surface area contributed by atoms with Crippen LogP contribution in [0.25, 0.3) is 132 Å². The van der Waals surface area contributed by atoms with Gasteiger partial charge in [-0.15, -0.1) is 0 Å². The molecular weight excluding hydrogens is 1600 g/mol. The molecule has 0 saturated carbocycles. The molecule has 1 aliphatic heterocycles. The molecule has 0 fully saturated rings. The van der Waals surface area contributed by atoms with E-state index in [1.54, 1.807) is 24.8 Å². The van der Waals surface area contributed by atoms with Gasteiger partial charge in [-0.05, 0) is 228 Å². The monoisotopic (exact) mass is 1740 g/mol. The maximum absolute atomic E-state index is 5.90. The van der Waals surface area contributed by atoms with Gasteiger partial charge in [0.2, 0.25) is 0 Å². The van der Waals surface area contributed by atoms with Crippen molar-refractivity contribution in [3.63, 3.8) is 0 Å². The van der Waals surface area contributed by atoms with Gasteiger partial charge in [-0.3, -0.25) is 19.9 Å². The van der Waals surface area contributed by atoms with E-state index in [2.05, 4.69) is 262 Å². The van der Waals surface area contributed by atoms with E-state index in [-0.39, 0.29) is 12.2 Å². The number of aryl methyl sites for hydroxylation is 9. The molecule has 0 bridgehead atoms. The molecule has 0 radical (unpaired) electrons. The van der Waals surface area contributed by atoms with Crippen molar-refractivity contribution in [2.24, 2.45) is 0 Å². The molecule has 2 aliphatic rings. The minimum atomic E-state index is 0.0172. The largest absolute Gasteiger partial charge is 0.478 e. The van der Waals surface area contributed by atoms with E-state index in [0.717, 1.165) is 111 Å². The Morgan fingerprint density at radius 2 is 0.725 bits per heavy atom. The van der Waals surface area contributed by atoms with Crippen LogP contribution in [0.2, 0.25) is 0 Å². The summed E-state index contributed by atoms with van der Waals surface area (Å²) in [5.41, 5.74) is 27.9. The van der Waals surface area contributed by atoms with Gasteiger partial charge in [-0.1, -0.05) is 297 Å². The molecule has 0 spiro atoms. The molecule has 12 aromatic carbocycles. The zero-order valence-electron chi connectivity index (χ0n) is 87.8. The molecule has 13 heteroatoms. The number of rotatable bonds is 2. The van der Waals surface area contributed by atoms with Crippen LogP contribution in [0.5, 0.6) is 11.5 Å². The lowest BCUT2D eigenvalue weighted by Crippen LogP contribution is -2.38. The van der Waals surface area contributed by atoms with Crippen LogP contribution < -0.4 is 9.47 Å². The molecular formula is C118H129N11O2. The zero-order chi connectivity index (χ0) is 102. The first-order chi connectivity index (χ1) is 68.7. The van der Waals surface area contributed by atoms with Crippen molar-refractivity contribution < 1.29 is 21.8 Å². The SMILES string of the molecule is Cc1c2ccccc2nc2ccccc12.Cc1cccc2[nH]c(-c3ccccc3)nc12.Cc1cccc2c1OC1C=CC=CC1O2.Cc1cccc2cc3ccccc3nc12.Cc1cccc2ccc(-c3ccncc3)nc12.Cc1cccc2cccnc12.Cc1cccc2nc3ccccc3nc12.Cc1ccnc2ccccc12.Cc1ccncc1.[2H]C.[2H]C.[2H]C.[2H]C.[2H]C.[2H]C.[2H]C.[2H]C.[2H]C. The Bertz CT molecular complexity index is 7000. The Kier molecular flexibility index (Phi) is 34.7. The third-order valence-corrected chi connectivity index (χ3v) is 21.1. The molecule has 131 heavy (non-hydrogen) atoms. The molecule has 1 aliphatic carbocycles.